The Labute approximate surface area is 94.3 Å². The number of hydrogen-bond acceptors (Lipinski definition) is 3. The maximum absolute atomic E-state index is 11.3. The molecular formula is C11H17N3O2. The Bertz CT molecular complexity index is 398. The molecule has 0 aliphatic heterocycles. The lowest BCUT2D eigenvalue weighted by atomic mass is 9.94. The second-order valence-electron chi connectivity index (χ2n) is 4.44. The summed E-state index contributed by atoms with van der Waals surface area (Å²) < 4.78 is 1.85. The summed E-state index contributed by atoms with van der Waals surface area (Å²) in [5.41, 5.74) is 4.88. The molecule has 0 bridgehead atoms. The molecule has 1 aliphatic rings. The van der Waals surface area contributed by atoms with Gasteiger partial charge in [0.05, 0.1) is 6.54 Å². The molecule has 1 unspecified atom stereocenters. The van der Waals surface area contributed by atoms with E-state index in [1.807, 2.05) is 11.5 Å². The van der Waals surface area contributed by atoms with Gasteiger partial charge in [-0.3, -0.25) is 4.79 Å². The molecule has 0 amide bonds. The van der Waals surface area contributed by atoms with Gasteiger partial charge in [-0.25, -0.2) is 4.98 Å². The topological polar surface area (TPSA) is 81.1 Å². The molecule has 1 fully saturated rings. The molecule has 1 atom stereocenters. The van der Waals surface area contributed by atoms with Crippen LogP contribution in [0.25, 0.3) is 0 Å². The SMILES string of the molecule is CCc1nccn1CC(N)(C(=O)O)C1CC1. The Morgan fingerprint density at radius 1 is 1.75 bits per heavy atom. The molecule has 0 aromatic carbocycles. The number of aryl methyl sites for hydroxylation is 1. The van der Waals surface area contributed by atoms with Gasteiger partial charge in [-0.2, -0.15) is 0 Å². The summed E-state index contributed by atoms with van der Waals surface area (Å²) in [6.07, 6.45) is 6.10. The summed E-state index contributed by atoms with van der Waals surface area (Å²) in [5.74, 6) is 0.0829. The van der Waals surface area contributed by atoms with E-state index in [2.05, 4.69) is 4.98 Å². The number of nitrogens with two attached hydrogens (primary N) is 1. The molecule has 2 rings (SSSR count). The van der Waals surface area contributed by atoms with Gasteiger partial charge in [0.25, 0.3) is 0 Å². The number of carboxylic acids is 1. The Kier molecular flexibility index (Phi) is 2.71. The number of carbonyl (C=O) groups is 1. The molecule has 1 saturated carbocycles. The number of hydrogen-bond donors (Lipinski definition) is 2. The lowest BCUT2D eigenvalue weighted by molar-refractivity contribution is -0.144. The molecule has 0 spiro atoms. The van der Waals surface area contributed by atoms with Crippen LogP contribution in [0.5, 0.6) is 0 Å². The first-order valence-electron chi connectivity index (χ1n) is 5.60. The highest BCUT2D eigenvalue weighted by Crippen LogP contribution is 2.39. The molecule has 1 aliphatic carbocycles. The van der Waals surface area contributed by atoms with Gasteiger partial charge in [0.2, 0.25) is 0 Å². The number of nitrogens with zero attached hydrogens (tertiary/aromatic N) is 2. The van der Waals surface area contributed by atoms with Crippen LogP contribution in [0.4, 0.5) is 0 Å². The normalized spacial score (nSPS) is 19.4. The maximum Gasteiger partial charge on any atom is 0.325 e. The van der Waals surface area contributed by atoms with E-state index in [1.54, 1.807) is 12.4 Å². The monoisotopic (exact) mass is 223 g/mol. The highest BCUT2D eigenvalue weighted by Gasteiger charge is 2.48. The fourth-order valence-corrected chi connectivity index (χ4v) is 2.05. The van der Waals surface area contributed by atoms with E-state index in [9.17, 15) is 9.90 Å². The maximum atomic E-state index is 11.3. The second kappa shape index (κ2) is 3.90. The predicted octanol–water partition coefficient (Wildman–Crippen LogP) is 0.638. The van der Waals surface area contributed by atoms with Crippen LogP contribution in [0, 0.1) is 5.92 Å². The Morgan fingerprint density at radius 3 is 2.94 bits per heavy atom. The van der Waals surface area contributed by atoms with E-state index in [1.165, 1.54) is 0 Å². The predicted molar refractivity (Wildman–Crippen MR) is 58.9 cm³/mol. The number of imidazole rings is 1. The van der Waals surface area contributed by atoms with Crippen molar-refractivity contribution in [3.8, 4) is 0 Å². The second-order valence-corrected chi connectivity index (χ2v) is 4.44. The van der Waals surface area contributed by atoms with Crippen molar-refractivity contribution >= 4 is 5.97 Å². The summed E-state index contributed by atoms with van der Waals surface area (Å²) in [6.45, 7) is 2.31. The van der Waals surface area contributed by atoms with Gasteiger partial charge in [0.15, 0.2) is 0 Å². The standard InChI is InChI=1S/C11H17N3O2/c1-2-9-13-5-6-14(9)7-11(12,10(15)16)8-3-4-8/h5-6,8H,2-4,7,12H2,1H3,(H,15,16). The van der Waals surface area contributed by atoms with Crippen molar-refractivity contribution in [3.05, 3.63) is 18.2 Å². The number of aromatic nitrogens is 2. The van der Waals surface area contributed by atoms with Crippen molar-refractivity contribution in [2.24, 2.45) is 11.7 Å². The molecule has 5 heteroatoms. The highest BCUT2D eigenvalue weighted by atomic mass is 16.4. The fourth-order valence-electron chi connectivity index (χ4n) is 2.05. The Hall–Kier alpha value is -1.36. The van der Waals surface area contributed by atoms with E-state index in [-0.39, 0.29) is 5.92 Å². The lowest BCUT2D eigenvalue weighted by Crippen LogP contribution is -2.53. The van der Waals surface area contributed by atoms with E-state index in [0.29, 0.717) is 6.54 Å². The summed E-state index contributed by atoms with van der Waals surface area (Å²) in [7, 11) is 0. The average Bonchev–Trinajstić information content (AvgIpc) is 3.01. The van der Waals surface area contributed by atoms with Gasteiger partial charge in [0.1, 0.15) is 11.4 Å². The van der Waals surface area contributed by atoms with E-state index in [0.717, 1.165) is 25.1 Å². The first kappa shape index (κ1) is 11.1. The smallest absolute Gasteiger partial charge is 0.325 e. The van der Waals surface area contributed by atoms with Crippen LogP contribution in [0.3, 0.4) is 0 Å². The van der Waals surface area contributed by atoms with Crippen molar-refractivity contribution in [1.82, 2.24) is 9.55 Å². The third-order valence-electron chi connectivity index (χ3n) is 3.25. The molecule has 16 heavy (non-hydrogen) atoms. The minimum Gasteiger partial charge on any atom is -0.480 e. The highest BCUT2D eigenvalue weighted by molar-refractivity contribution is 5.79. The summed E-state index contributed by atoms with van der Waals surface area (Å²) in [6, 6.07) is 0. The van der Waals surface area contributed by atoms with Crippen molar-refractivity contribution in [1.29, 1.82) is 0 Å². The van der Waals surface area contributed by atoms with Gasteiger partial charge in [-0.15, -0.1) is 0 Å². The zero-order valence-corrected chi connectivity index (χ0v) is 9.39. The largest absolute Gasteiger partial charge is 0.480 e. The zero-order chi connectivity index (χ0) is 11.8. The summed E-state index contributed by atoms with van der Waals surface area (Å²) in [5, 5.41) is 9.25. The van der Waals surface area contributed by atoms with Crippen LogP contribution in [-0.2, 0) is 17.8 Å². The van der Waals surface area contributed by atoms with E-state index in [4.69, 9.17) is 5.73 Å². The van der Waals surface area contributed by atoms with Crippen LogP contribution in [0.2, 0.25) is 0 Å². The van der Waals surface area contributed by atoms with Crippen molar-refractivity contribution < 1.29 is 9.90 Å². The molecule has 3 N–H and O–H groups in total. The molecule has 88 valence electrons. The minimum atomic E-state index is -1.13. The van der Waals surface area contributed by atoms with Gasteiger partial charge < -0.3 is 15.4 Å². The zero-order valence-electron chi connectivity index (χ0n) is 9.39. The number of rotatable bonds is 5. The van der Waals surface area contributed by atoms with Gasteiger partial charge >= 0.3 is 5.97 Å². The van der Waals surface area contributed by atoms with Gasteiger partial charge in [0, 0.05) is 18.8 Å². The van der Waals surface area contributed by atoms with Gasteiger partial charge in [-0.05, 0) is 18.8 Å². The molecule has 0 radical (unpaired) electrons. The van der Waals surface area contributed by atoms with Crippen LogP contribution < -0.4 is 5.73 Å². The molecule has 5 nitrogen and oxygen atoms in total. The van der Waals surface area contributed by atoms with Gasteiger partial charge in [-0.1, -0.05) is 6.92 Å². The van der Waals surface area contributed by atoms with Crippen LogP contribution >= 0.6 is 0 Å². The summed E-state index contributed by atoms with van der Waals surface area (Å²) >= 11 is 0. The molecule has 1 heterocycles. The first-order valence-corrected chi connectivity index (χ1v) is 5.60. The molecule has 0 saturated heterocycles. The Morgan fingerprint density at radius 2 is 2.44 bits per heavy atom. The fraction of sp³-hybridized carbons (Fsp3) is 0.636. The van der Waals surface area contributed by atoms with Crippen molar-refractivity contribution in [2.45, 2.75) is 38.3 Å². The number of carboxylic acid groups (broad SMARTS) is 1. The summed E-state index contributed by atoms with van der Waals surface area (Å²) in [4.78, 5) is 15.4. The third kappa shape index (κ3) is 1.82. The average molecular weight is 223 g/mol. The molecule has 1 aromatic rings. The first-order chi connectivity index (χ1) is 7.58. The van der Waals surface area contributed by atoms with Crippen molar-refractivity contribution in [3.63, 3.8) is 0 Å². The Balaban J connectivity index is 2.20. The minimum absolute atomic E-state index is 0.108. The number of aliphatic carboxylic acids is 1. The van der Waals surface area contributed by atoms with Crippen LogP contribution in [0.1, 0.15) is 25.6 Å². The van der Waals surface area contributed by atoms with Crippen LogP contribution in [0.15, 0.2) is 12.4 Å². The quantitative estimate of drug-likeness (QED) is 0.767. The van der Waals surface area contributed by atoms with Crippen molar-refractivity contribution in [2.75, 3.05) is 0 Å². The molecular weight excluding hydrogens is 206 g/mol. The third-order valence-corrected chi connectivity index (χ3v) is 3.25. The van der Waals surface area contributed by atoms with Crippen LogP contribution in [-0.4, -0.2) is 26.2 Å². The lowest BCUT2D eigenvalue weighted by Gasteiger charge is -2.25. The van der Waals surface area contributed by atoms with E-state index < -0.39 is 11.5 Å². The van der Waals surface area contributed by atoms with E-state index >= 15 is 0 Å². The molecule has 1 aromatic heterocycles.